The predicted octanol–water partition coefficient (Wildman–Crippen LogP) is 11.5. The highest BCUT2D eigenvalue weighted by atomic mass is 79.9. The van der Waals surface area contributed by atoms with Crippen molar-refractivity contribution in [2.75, 3.05) is 6.61 Å². The van der Waals surface area contributed by atoms with E-state index in [0.29, 0.717) is 17.9 Å². The molecule has 4 aliphatic carbocycles. The Morgan fingerprint density at radius 2 is 1.71 bits per heavy atom. The molecule has 6 rings (SSSR count). The van der Waals surface area contributed by atoms with Crippen LogP contribution in [0.2, 0.25) is 0 Å². The Hall–Kier alpha value is -0.390. The third kappa shape index (κ3) is 6.90. The molecule has 1 saturated heterocycles. The van der Waals surface area contributed by atoms with Crippen molar-refractivity contribution >= 4 is 37.8 Å². The van der Waals surface area contributed by atoms with E-state index in [1.54, 1.807) is 0 Å². The van der Waals surface area contributed by atoms with Crippen molar-refractivity contribution in [1.82, 2.24) is 0 Å². The fourth-order valence-corrected chi connectivity index (χ4v) is 13.0. The zero-order chi connectivity index (χ0) is 32.0. The van der Waals surface area contributed by atoms with Crippen LogP contribution in [0.4, 0.5) is 0 Å². The molecule has 0 aromatic heterocycles. The lowest BCUT2D eigenvalue weighted by Crippen LogP contribution is -2.56. The highest BCUT2D eigenvalue weighted by molar-refractivity contribution is 9.25. The van der Waals surface area contributed by atoms with Crippen LogP contribution in [0.25, 0.3) is 0 Å². The fraction of sp³-hybridized carbons (Fsp3) is 0.825. The van der Waals surface area contributed by atoms with E-state index in [-0.39, 0.29) is 39.2 Å². The number of carbonyl (C=O) groups excluding carboxylic acids is 1. The van der Waals surface area contributed by atoms with Crippen LogP contribution in [-0.4, -0.2) is 28.0 Å². The van der Waals surface area contributed by atoms with Crippen molar-refractivity contribution in [1.29, 1.82) is 0 Å². The fourth-order valence-electron chi connectivity index (χ4n) is 11.9. The first-order valence-corrected chi connectivity index (χ1v) is 20.2. The summed E-state index contributed by atoms with van der Waals surface area (Å²) in [5, 5.41) is 0. The van der Waals surface area contributed by atoms with Crippen molar-refractivity contribution in [3.8, 4) is 0 Å². The van der Waals surface area contributed by atoms with Gasteiger partial charge in [0.15, 0.2) is 0 Å². The molecule has 5 aliphatic rings. The van der Waals surface area contributed by atoms with Gasteiger partial charge >= 0.3 is 5.97 Å². The molecule has 1 heterocycles. The first-order valence-electron chi connectivity index (χ1n) is 18.7. The molecule has 4 saturated carbocycles. The third-order valence-corrected chi connectivity index (χ3v) is 16.0. The van der Waals surface area contributed by atoms with Crippen LogP contribution < -0.4 is 0 Å². The first kappa shape index (κ1) is 34.5. The lowest BCUT2D eigenvalue weighted by molar-refractivity contribution is -0.171. The Balaban J connectivity index is 1.19. The zero-order valence-electron chi connectivity index (χ0n) is 28.7. The number of halogens is 2. The van der Waals surface area contributed by atoms with Gasteiger partial charge in [0.1, 0.15) is 9.34 Å². The molecule has 1 aliphatic heterocycles. The van der Waals surface area contributed by atoms with Crippen molar-refractivity contribution in [2.24, 2.45) is 52.3 Å². The van der Waals surface area contributed by atoms with Crippen molar-refractivity contribution in [3.63, 3.8) is 0 Å². The Labute approximate surface area is 291 Å². The summed E-state index contributed by atoms with van der Waals surface area (Å²) < 4.78 is 12.3. The van der Waals surface area contributed by atoms with E-state index in [1.807, 2.05) is 0 Å². The van der Waals surface area contributed by atoms with Gasteiger partial charge in [0.2, 0.25) is 0 Å². The van der Waals surface area contributed by atoms with Crippen LogP contribution in [0.5, 0.6) is 0 Å². The summed E-state index contributed by atoms with van der Waals surface area (Å²) >= 11 is 7.59. The van der Waals surface area contributed by atoms with E-state index in [4.69, 9.17) is 9.47 Å². The van der Waals surface area contributed by atoms with E-state index in [9.17, 15) is 4.79 Å². The highest BCUT2D eigenvalue weighted by Crippen LogP contribution is 2.69. The van der Waals surface area contributed by atoms with E-state index < -0.39 is 0 Å². The Morgan fingerprint density at radius 1 is 0.956 bits per heavy atom. The number of benzene rings is 1. The van der Waals surface area contributed by atoms with Crippen LogP contribution in [0.1, 0.15) is 136 Å². The van der Waals surface area contributed by atoms with Gasteiger partial charge in [-0.1, -0.05) is 116 Å². The van der Waals surface area contributed by atoms with Gasteiger partial charge in [-0.25, -0.2) is 0 Å². The van der Waals surface area contributed by atoms with Crippen molar-refractivity contribution in [3.05, 3.63) is 35.9 Å². The van der Waals surface area contributed by atoms with E-state index in [1.165, 1.54) is 63.4 Å². The number of esters is 1. The smallest absolute Gasteiger partial charge is 0.308 e. The quantitative estimate of drug-likeness (QED) is 0.186. The van der Waals surface area contributed by atoms with E-state index in [2.05, 4.69) is 96.8 Å². The lowest BCUT2D eigenvalue weighted by atomic mass is 9.43. The monoisotopic (exact) mass is 746 g/mol. The van der Waals surface area contributed by atoms with Crippen LogP contribution >= 0.6 is 31.9 Å². The molecular formula is C40H60Br2O3. The second-order valence-corrected chi connectivity index (χ2v) is 21.0. The molecule has 252 valence electrons. The minimum Gasteiger partial charge on any atom is -0.462 e. The van der Waals surface area contributed by atoms with Crippen molar-refractivity contribution < 1.29 is 14.3 Å². The maximum absolute atomic E-state index is 13.7. The van der Waals surface area contributed by atoms with Gasteiger partial charge in [-0.05, 0) is 122 Å². The first-order chi connectivity index (χ1) is 21.4. The Morgan fingerprint density at radius 3 is 2.44 bits per heavy atom. The average Bonchev–Trinajstić information content (AvgIpc) is 3.35. The van der Waals surface area contributed by atoms with Gasteiger partial charge < -0.3 is 9.47 Å². The van der Waals surface area contributed by atoms with Gasteiger partial charge in [0.05, 0.1) is 12.5 Å². The van der Waals surface area contributed by atoms with E-state index in [0.717, 1.165) is 61.2 Å². The molecule has 11 atom stereocenters. The number of carbonyl (C=O) groups is 1. The molecule has 1 aromatic rings. The average molecular weight is 749 g/mol. The van der Waals surface area contributed by atoms with Gasteiger partial charge in [-0.3, -0.25) is 4.79 Å². The number of hydrogen-bond acceptors (Lipinski definition) is 3. The summed E-state index contributed by atoms with van der Waals surface area (Å²) in [6.45, 7) is 13.4. The topological polar surface area (TPSA) is 35.5 Å². The molecule has 0 unspecified atom stereocenters. The SMILES string of the molecule is CC(C)CCC[C@@H](C)[C@H]1CC[C@H]2[C@@H]3CC[C@H]4C[C@@H](c5ccccc5)[C@H](OC(=O)C[C@@H]5OCCCC5(Br)Br)C[C@]4(C)[C@H]3CC[C@]12C. The molecule has 3 nitrogen and oxygen atoms in total. The van der Waals surface area contributed by atoms with Crippen LogP contribution in [0.3, 0.4) is 0 Å². The highest BCUT2D eigenvalue weighted by Gasteiger charge is 2.62. The summed E-state index contributed by atoms with van der Waals surface area (Å²) in [6, 6.07) is 10.9. The largest absolute Gasteiger partial charge is 0.462 e. The molecule has 0 bridgehead atoms. The number of rotatable bonds is 9. The molecule has 0 N–H and O–H groups in total. The van der Waals surface area contributed by atoms with Gasteiger partial charge in [0, 0.05) is 12.5 Å². The summed E-state index contributed by atoms with van der Waals surface area (Å²) in [4.78, 5) is 13.7. The number of ether oxygens (including phenoxy) is 2. The predicted molar refractivity (Wildman–Crippen MR) is 192 cm³/mol. The summed E-state index contributed by atoms with van der Waals surface area (Å²) in [6.07, 6.45) is 16.6. The maximum Gasteiger partial charge on any atom is 0.308 e. The molecule has 5 heteroatoms. The lowest BCUT2D eigenvalue weighted by Gasteiger charge is -2.62. The Bertz CT molecular complexity index is 1150. The van der Waals surface area contributed by atoms with Crippen LogP contribution in [0.15, 0.2) is 30.3 Å². The third-order valence-electron chi connectivity index (χ3n) is 14.2. The number of hydrogen-bond donors (Lipinski definition) is 0. The molecular weight excluding hydrogens is 688 g/mol. The summed E-state index contributed by atoms with van der Waals surface area (Å²) in [5.41, 5.74) is 2.08. The van der Waals surface area contributed by atoms with Crippen LogP contribution in [0, 0.1) is 52.3 Å². The molecule has 5 fully saturated rings. The van der Waals surface area contributed by atoms with Crippen LogP contribution in [-0.2, 0) is 14.3 Å². The zero-order valence-corrected chi connectivity index (χ0v) is 31.9. The standard InChI is InChI=1S/C40H60Br2O3/c1-26(2)11-9-12-27(3)32-17-18-33-30-16-15-29-23-31(28-13-7-6-8-14-28)35(25-39(29,5)34(30)19-21-38(32,33)4)45-37(43)24-36-40(41,42)20-10-22-44-36/h6-8,13-14,26-27,29-36H,9-12,15-25H2,1-5H3/t27-,29+,30+,31+,32-,33+,34+,35-,36+,38-,39+/m1/s1. The molecule has 0 amide bonds. The maximum atomic E-state index is 13.7. The van der Waals surface area contributed by atoms with Gasteiger partial charge in [0.25, 0.3) is 0 Å². The van der Waals surface area contributed by atoms with Gasteiger partial charge in [-0.2, -0.15) is 0 Å². The van der Waals surface area contributed by atoms with E-state index >= 15 is 0 Å². The van der Waals surface area contributed by atoms with Gasteiger partial charge in [-0.15, -0.1) is 0 Å². The molecule has 1 aromatic carbocycles. The second kappa shape index (κ2) is 13.9. The summed E-state index contributed by atoms with van der Waals surface area (Å²) in [5.74, 6) is 5.88. The minimum absolute atomic E-state index is 0.0749. The Kier molecular flexibility index (Phi) is 10.6. The minimum atomic E-state index is -0.351. The second-order valence-electron chi connectivity index (χ2n) is 17.1. The molecule has 0 spiro atoms. The number of fused-ring (bicyclic) bond motifs is 5. The number of alkyl halides is 2. The molecule has 45 heavy (non-hydrogen) atoms. The normalized spacial score (nSPS) is 41.5. The molecule has 0 radical (unpaired) electrons. The summed E-state index contributed by atoms with van der Waals surface area (Å²) in [7, 11) is 0. The van der Waals surface area contributed by atoms with Crippen molar-refractivity contribution in [2.45, 2.75) is 146 Å².